The maximum Gasteiger partial charge on any atom is 0.224 e. The molecule has 4 N–H and O–H groups in total. The van der Waals surface area contributed by atoms with Crippen molar-refractivity contribution in [3.8, 4) is 0 Å². The van der Waals surface area contributed by atoms with Crippen LogP contribution in [0.2, 0.25) is 0 Å². The maximum atomic E-state index is 11.5. The molecule has 0 aromatic heterocycles. The third-order valence-corrected chi connectivity index (χ3v) is 3.12. The van der Waals surface area contributed by atoms with Crippen LogP contribution in [0.5, 0.6) is 0 Å². The minimum atomic E-state index is 0.0405. The smallest absolute Gasteiger partial charge is 0.224 e. The van der Waals surface area contributed by atoms with Crippen molar-refractivity contribution in [3.63, 3.8) is 0 Å². The van der Waals surface area contributed by atoms with Crippen LogP contribution in [0, 0.1) is 0 Å². The highest BCUT2D eigenvalue weighted by Crippen LogP contribution is 2.11. The minimum absolute atomic E-state index is 0.0405. The van der Waals surface area contributed by atoms with Crippen molar-refractivity contribution in [3.05, 3.63) is 29.8 Å². The molecule has 23 heavy (non-hydrogen) atoms. The third kappa shape index (κ3) is 8.83. The second-order valence-corrected chi connectivity index (χ2v) is 5.17. The fourth-order valence-electron chi connectivity index (χ4n) is 1.91. The second-order valence-electron chi connectivity index (χ2n) is 5.17. The molecule has 1 rings (SSSR count). The first kappa shape index (κ1) is 19.0. The first-order chi connectivity index (χ1) is 11.2. The zero-order valence-corrected chi connectivity index (χ0v) is 14.1. The van der Waals surface area contributed by atoms with Gasteiger partial charge in [-0.15, -0.1) is 0 Å². The Morgan fingerprint density at radius 1 is 1.26 bits per heavy atom. The van der Waals surface area contributed by atoms with Gasteiger partial charge < -0.3 is 21.1 Å². The number of hydrogen-bond acceptors (Lipinski definition) is 3. The van der Waals surface area contributed by atoms with E-state index in [1.165, 1.54) is 0 Å². The summed E-state index contributed by atoms with van der Waals surface area (Å²) in [5.41, 5.74) is 7.65. The normalized spacial score (nSPS) is 11.3. The van der Waals surface area contributed by atoms with E-state index in [0.717, 1.165) is 43.9 Å². The molecule has 0 saturated carbocycles. The van der Waals surface area contributed by atoms with E-state index >= 15 is 0 Å². The van der Waals surface area contributed by atoms with E-state index < -0.39 is 0 Å². The molecule has 0 bridgehead atoms. The van der Waals surface area contributed by atoms with E-state index in [0.29, 0.717) is 18.9 Å². The van der Waals surface area contributed by atoms with Crippen molar-refractivity contribution >= 4 is 17.6 Å². The Balaban J connectivity index is 2.33. The first-order valence-corrected chi connectivity index (χ1v) is 8.16. The molecule has 1 aromatic rings. The van der Waals surface area contributed by atoms with Gasteiger partial charge in [-0.1, -0.05) is 19.1 Å². The summed E-state index contributed by atoms with van der Waals surface area (Å²) in [5.74, 6) is 0.473. The quantitative estimate of drug-likeness (QED) is 0.350. The molecule has 0 fully saturated rings. The van der Waals surface area contributed by atoms with Gasteiger partial charge in [-0.05, 0) is 37.5 Å². The van der Waals surface area contributed by atoms with Gasteiger partial charge in [0.15, 0.2) is 5.96 Å². The summed E-state index contributed by atoms with van der Waals surface area (Å²) < 4.78 is 5.25. The lowest BCUT2D eigenvalue weighted by Crippen LogP contribution is -2.32. The molecule has 0 aliphatic heterocycles. The highest BCUT2D eigenvalue weighted by molar-refractivity contribution is 5.90. The van der Waals surface area contributed by atoms with Gasteiger partial charge in [0, 0.05) is 31.9 Å². The Morgan fingerprint density at radius 2 is 2.00 bits per heavy atom. The second kappa shape index (κ2) is 11.5. The number of benzene rings is 1. The number of amides is 1. The maximum absolute atomic E-state index is 11.5. The molecule has 0 spiro atoms. The molecule has 1 amide bonds. The number of anilines is 1. The van der Waals surface area contributed by atoms with Gasteiger partial charge in [0.25, 0.3) is 0 Å². The third-order valence-electron chi connectivity index (χ3n) is 3.12. The largest absolute Gasteiger partial charge is 0.382 e. The summed E-state index contributed by atoms with van der Waals surface area (Å²) in [6.45, 7) is 6.67. The Hall–Kier alpha value is -2.08. The standard InChI is InChI=1S/C17H28N4O2/c1-3-6-16(22)21-15-9-7-14(8-10-15)13-20-17(18)19-11-5-12-23-4-2/h7-10H,3-6,11-13H2,1-2H3,(H,21,22)(H3,18,19,20). The number of nitrogens with two attached hydrogens (primary N) is 1. The Morgan fingerprint density at radius 3 is 2.65 bits per heavy atom. The summed E-state index contributed by atoms with van der Waals surface area (Å²) in [4.78, 5) is 15.8. The molecule has 1 aromatic carbocycles. The van der Waals surface area contributed by atoms with Gasteiger partial charge in [0.2, 0.25) is 5.91 Å². The summed E-state index contributed by atoms with van der Waals surface area (Å²) in [5, 5.41) is 5.91. The summed E-state index contributed by atoms with van der Waals surface area (Å²) in [6, 6.07) is 7.63. The monoisotopic (exact) mass is 320 g/mol. The van der Waals surface area contributed by atoms with Crippen LogP contribution in [0.15, 0.2) is 29.3 Å². The average molecular weight is 320 g/mol. The summed E-state index contributed by atoms with van der Waals surface area (Å²) in [6.07, 6.45) is 2.28. The number of ether oxygens (including phenoxy) is 1. The Bertz CT molecular complexity index is 486. The van der Waals surface area contributed by atoms with E-state index in [1.54, 1.807) is 0 Å². The molecule has 0 atom stereocenters. The molecule has 128 valence electrons. The number of guanidine groups is 1. The van der Waals surface area contributed by atoms with Crippen LogP contribution in [0.25, 0.3) is 0 Å². The molecular formula is C17H28N4O2. The van der Waals surface area contributed by atoms with Gasteiger partial charge >= 0.3 is 0 Å². The van der Waals surface area contributed by atoms with Gasteiger partial charge in [0.05, 0.1) is 6.54 Å². The lowest BCUT2D eigenvalue weighted by molar-refractivity contribution is -0.116. The molecule has 0 radical (unpaired) electrons. The van der Waals surface area contributed by atoms with Crippen LogP contribution in [0.1, 0.15) is 38.7 Å². The van der Waals surface area contributed by atoms with E-state index in [9.17, 15) is 4.79 Å². The van der Waals surface area contributed by atoms with Gasteiger partial charge in [-0.3, -0.25) is 4.79 Å². The number of carbonyl (C=O) groups excluding carboxylic acids is 1. The van der Waals surface area contributed by atoms with Crippen molar-refractivity contribution in [1.29, 1.82) is 0 Å². The highest BCUT2D eigenvalue weighted by atomic mass is 16.5. The van der Waals surface area contributed by atoms with Crippen LogP contribution in [0.3, 0.4) is 0 Å². The molecule has 6 nitrogen and oxygen atoms in total. The van der Waals surface area contributed by atoms with Gasteiger partial charge in [-0.25, -0.2) is 4.99 Å². The van der Waals surface area contributed by atoms with E-state index in [4.69, 9.17) is 10.5 Å². The minimum Gasteiger partial charge on any atom is -0.382 e. The van der Waals surface area contributed by atoms with Gasteiger partial charge in [-0.2, -0.15) is 0 Å². The number of hydrogen-bond donors (Lipinski definition) is 3. The zero-order chi connectivity index (χ0) is 16.9. The van der Waals surface area contributed by atoms with Crippen LogP contribution < -0.4 is 16.4 Å². The Kier molecular flexibility index (Phi) is 9.47. The predicted octanol–water partition coefficient (Wildman–Crippen LogP) is 2.26. The summed E-state index contributed by atoms with van der Waals surface area (Å²) in [7, 11) is 0. The van der Waals surface area contributed by atoms with E-state index in [1.807, 2.05) is 38.1 Å². The molecule has 0 heterocycles. The average Bonchev–Trinajstić information content (AvgIpc) is 2.54. The fourth-order valence-corrected chi connectivity index (χ4v) is 1.91. The fraction of sp³-hybridized carbons (Fsp3) is 0.529. The SMILES string of the molecule is CCCC(=O)Nc1ccc(CN=C(N)NCCCOCC)cc1. The molecule has 6 heteroatoms. The number of nitrogens with one attached hydrogen (secondary N) is 2. The molecular weight excluding hydrogens is 292 g/mol. The predicted molar refractivity (Wildman–Crippen MR) is 94.4 cm³/mol. The molecule has 0 aliphatic rings. The molecule has 0 saturated heterocycles. The molecule has 0 unspecified atom stereocenters. The first-order valence-electron chi connectivity index (χ1n) is 8.16. The van der Waals surface area contributed by atoms with Crippen molar-refractivity contribution in [1.82, 2.24) is 5.32 Å². The van der Waals surface area contributed by atoms with Crippen molar-refractivity contribution in [2.75, 3.05) is 25.1 Å². The lowest BCUT2D eigenvalue weighted by atomic mass is 10.2. The lowest BCUT2D eigenvalue weighted by Gasteiger charge is -2.07. The zero-order valence-electron chi connectivity index (χ0n) is 14.1. The summed E-state index contributed by atoms with van der Waals surface area (Å²) >= 11 is 0. The van der Waals surface area contributed by atoms with Crippen molar-refractivity contribution in [2.24, 2.45) is 10.7 Å². The number of carbonyl (C=O) groups is 1. The number of rotatable bonds is 10. The van der Waals surface area contributed by atoms with Crippen LogP contribution in [-0.2, 0) is 16.1 Å². The topological polar surface area (TPSA) is 88.7 Å². The van der Waals surface area contributed by atoms with Crippen LogP contribution in [-0.4, -0.2) is 31.6 Å². The molecule has 0 aliphatic carbocycles. The van der Waals surface area contributed by atoms with Gasteiger partial charge in [0.1, 0.15) is 0 Å². The van der Waals surface area contributed by atoms with Crippen LogP contribution >= 0.6 is 0 Å². The number of aliphatic imine (C=N–C) groups is 1. The van der Waals surface area contributed by atoms with Crippen LogP contribution in [0.4, 0.5) is 5.69 Å². The van der Waals surface area contributed by atoms with Crippen molar-refractivity contribution in [2.45, 2.75) is 39.7 Å². The van der Waals surface area contributed by atoms with Crippen molar-refractivity contribution < 1.29 is 9.53 Å². The highest BCUT2D eigenvalue weighted by Gasteiger charge is 2.00. The number of nitrogens with zero attached hydrogens (tertiary/aromatic N) is 1. The Labute approximate surface area is 138 Å². The van der Waals surface area contributed by atoms with E-state index in [-0.39, 0.29) is 5.91 Å². The van der Waals surface area contributed by atoms with E-state index in [2.05, 4.69) is 15.6 Å².